The molecule has 0 heterocycles. The molecule has 4 nitrogen and oxygen atoms in total. The molecule has 0 bridgehead atoms. The van der Waals surface area contributed by atoms with E-state index in [4.69, 9.17) is 0 Å². The zero-order chi connectivity index (χ0) is 18.8. The topological polar surface area (TPSA) is 58.2 Å². The molecule has 0 unspecified atom stereocenters. The van der Waals surface area contributed by atoms with E-state index >= 15 is 0 Å². The Balaban J connectivity index is 1.59. The summed E-state index contributed by atoms with van der Waals surface area (Å²) in [6.07, 6.45) is 6.28. The van der Waals surface area contributed by atoms with Gasteiger partial charge in [0.1, 0.15) is 0 Å². The molecule has 1 aliphatic carbocycles. The Morgan fingerprint density at radius 3 is 2.00 bits per heavy atom. The Kier molecular flexibility index (Phi) is 8.66. The van der Waals surface area contributed by atoms with Crippen molar-refractivity contribution in [2.75, 3.05) is 13.1 Å². The van der Waals surface area contributed by atoms with E-state index < -0.39 is 0 Å². The highest BCUT2D eigenvalue weighted by Gasteiger charge is 2.29. The van der Waals surface area contributed by atoms with E-state index in [1.54, 1.807) is 0 Å². The first kappa shape index (κ1) is 20.5. The van der Waals surface area contributed by atoms with Gasteiger partial charge in [-0.25, -0.2) is 0 Å². The Bertz CT molecular complexity index is 549. The van der Waals surface area contributed by atoms with Gasteiger partial charge in [0.25, 0.3) is 0 Å². The van der Waals surface area contributed by atoms with Crippen LogP contribution in [0.2, 0.25) is 0 Å². The number of hydrogen-bond donors (Lipinski definition) is 2. The second kappa shape index (κ2) is 11.0. The van der Waals surface area contributed by atoms with Gasteiger partial charge in [0.05, 0.1) is 0 Å². The van der Waals surface area contributed by atoms with Crippen LogP contribution in [0.15, 0.2) is 30.3 Å². The van der Waals surface area contributed by atoms with E-state index in [2.05, 4.69) is 36.6 Å². The van der Waals surface area contributed by atoms with Crippen molar-refractivity contribution in [1.82, 2.24) is 10.6 Å². The molecule has 26 heavy (non-hydrogen) atoms. The van der Waals surface area contributed by atoms with Gasteiger partial charge in [0.2, 0.25) is 11.8 Å². The minimum absolute atomic E-state index is 0.0754. The summed E-state index contributed by atoms with van der Waals surface area (Å²) < 4.78 is 0. The van der Waals surface area contributed by atoms with Crippen molar-refractivity contribution in [2.24, 2.45) is 17.8 Å². The zero-order valence-corrected chi connectivity index (χ0v) is 16.3. The van der Waals surface area contributed by atoms with Gasteiger partial charge in [-0.15, -0.1) is 0 Å². The molecule has 0 atom stereocenters. The van der Waals surface area contributed by atoms with E-state index in [1.165, 1.54) is 5.56 Å². The third kappa shape index (κ3) is 7.19. The molecular weight excluding hydrogens is 324 g/mol. The number of benzene rings is 1. The standard InChI is InChI=1S/C22H34N2O2/c1-17(2)14-16-24-22(26)20-12-10-19(11-13-20)21(25)23-15-6-9-18-7-4-3-5-8-18/h3-5,7-8,17,19-20H,6,9-16H2,1-2H3,(H,23,25)(H,24,26). The van der Waals surface area contributed by atoms with E-state index in [0.717, 1.165) is 58.0 Å². The van der Waals surface area contributed by atoms with Crippen molar-refractivity contribution in [2.45, 2.75) is 58.8 Å². The Morgan fingerprint density at radius 1 is 0.923 bits per heavy atom. The van der Waals surface area contributed by atoms with Crippen molar-refractivity contribution in [3.05, 3.63) is 35.9 Å². The number of hydrogen-bond acceptors (Lipinski definition) is 2. The molecule has 0 saturated heterocycles. The summed E-state index contributed by atoms with van der Waals surface area (Å²) in [5.74, 6) is 1.11. The van der Waals surface area contributed by atoms with Crippen molar-refractivity contribution in [3.63, 3.8) is 0 Å². The van der Waals surface area contributed by atoms with Crippen LogP contribution in [0.1, 0.15) is 57.9 Å². The largest absolute Gasteiger partial charge is 0.356 e. The van der Waals surface area contributed by atoms with Crippen LogP contribution in [0, 0.1) is 17.8 Å². The Morgan fingerprint density at radius 2 is 1.46 bits per heavy atom. The highest BCUT2D eigenvalue weighted by molar-refractivity contribution is 5.81. The number of amides is 2. The fraction of sp³-hybridized carbons (Fsp3) is 0.636. The van der Waals surface area contributed by atoms with Crippen LogP contribution >= 0.6 is 0 Å². The summed E-state index contributed by atoms with van der Waals surface area (Å²) in [4.78, 5) is 24.5. The van der Waals surface area contributed by atoms with E-state index in [-0.39, 0.29) is 23.7 Å². The third-order valence-electron chi connectivity index (χ3n) is 5.27. The lowest BCUT2D eigenvalue weighted by atomic mass is 9.81. The van der Waals surface area contributed by atoms with Gasteiger partial charge in [0, 0.05) is 24.9 Å². The van der Waals surface area contributed by atoms with Gasteiger partial charge in [-0.2, -0.15) is 0 Å². The van der Waals surface area contributed by atoms with E-state index in [0.29, 0.717) is 5.92 Å². The maximum atomic E-state index is 12.3. The quantitative estimate of drug-likeness (QED) is 0.661. The van der Waals surface area contributed by atoms with Crippen LogP contribution in [0.5, 0.6) is 0 Å². The van der Waals surface area contributed by atoms with Gasteiger partial charge < -0.3 is 10.6 Å². The maximum Gasteiger partial charge on any atom is 0.223 e. The number of nitrogens with one attached hydrogen (secondary N) is 2. The zero-order valence-electron chi connectivity index (χ0n) is 16.3. The molecule has 144 valence electrons. The lowest BCUT2D eigenvalue weighted by molar-refractivity contribution is -0.130. The van der Waals surface area contributed by atoms with Crippen molar-refractivity contribution in [3.8, 4) is 0 Å². The first-order valence-corrected chi connectivity index (χ1v) is 10.2. The first-order valence-electron chi connectivity index (χ1n) is 10.2. The van der Waals surface area contributed by atoms with Crippen LogP contribution < -0.4 is 10.6 Å². The number of carbonyl (C=O) groups is 2. The van der Waals surface area contributed by atoms with Gasteiger partial charge in [-0.1, -0.05) is 44.2 Å². The third-order valence-corrected chi connectivity index (χ3v) is 5.27. The van der Waals surface area contributed by atoms with Gasteiger partial charge in [-0.05, 0) is 56.4 Å². The minimum atomic E-state index is 0.0754. The molecule has 1 fully saturated rings. The molecule has 2 rings (SSSR count). The molecule has 0 aromatic heterocycles. The summed E-state index contributed by atoms with van der Waals surface area (Å²) in [6, 6.07) is 10.4. The summed E-state index contributed by atoms with van der Waals surface area (Å²) >= 11 is 0. The first-order chi connectivity index (χ1) is 12.6. The molecule has 4 heteroatoms. The molecule has 1 aromatic rings. The molecule has 0 aliphatic heterocycles. The average molecular weight is 359 g/mol. The van der Waals surface area contributed by atoms with Crippen molar-refractivity contribution >= 4 is 11.8 Å². The van der Waals surface area contributed by atoms with Crippen LogP contribution in [-0.4, -0.2) is 24.9 Å². The van der Waals surface area contributed by atoms with Crippen LogP contribution in [-0.2, 0) is 16.0 Å². The second-order valence-electron chi connectivity index (χ2n) is 7.90. The normalized spacial score (nSPS) is 20.0. The highest BCUT2D eigenvalue weighted by atomic mass is 16.2. The Hall–Kier alpha value is -1.84. The lowest BCUT2D eigenvalue weighted by Gasteiger charge is -2.27. The summed E-state index contributed by atoms with van der Waals surface area (Å²) in [5, 5.41) is 6.12. The Labute approximate surface area is 158 Å². The molecular formula is C22H34N2O2. The molecule has 1 aromatic carbocycles. The molecule has 1 aliphatic rings. The van der Waals surface area contributed by atoms with Crippen LogP contribution in [0.3, 0.4) is 0 Å². The van der Waals surface area contributed by atoms with Gasteiger partial charge in [0.15, 0.2) is 0 Å². The number of aryl methyl sites for hydroxylation is 1. The molecule has 0 spiro atoms. The predicted molar refractivity (Wildman–Crippen MR) is 106 cm³/mol. The molecule has 0 radical (unpaired) electrons. The fourth-order valence-corrected chi connectivity index (χ4v) is 3.54. The summed E-state index contributed by atoms with van der Waals surface area (Å²) in [5.41, 5.74) is 1.31. The van der Waals surface area contributed by atoms with Crippen LogP contribution in [0.4, 0.5) is 0 Å². The van der Waals surface area contributed by atoms with Crippen molar-refractivity contribution < 1.29 is 9.59 Å². The highest BCUT2D eigenvalue weighted by Crippen LogP contribution is 2.29. The molecule has 2 amide bonds. The van der Waals surface area contributed by atoms with E-state index in [9.17, 15) is 9.59 Å². The molecule has 2 N–H and O–H groups in total. The van der Waals surface area contributed by atoms with Gasteiger partial charge in [-0.3, -0.25) is 9.59 Å². The molecule has 1 saturated carbocycles. The van der Waals surface area contributed by atoms with E-state index in [1.807, 2.05) is 18.2 Å². The smallest absolute Gasteiger partial charge is 0.223 e. The second-order valence-corrected chi connectivity index (χ2v) is 7.90. The van der Waals surface area contributed by atoms with Gasteiger partial charge >= 0.3 is 0 Å². The summed E-state index contributed by atoms with van der Waals surface area (Å²) in [6.45, 7) is 5.81. The summed E-state index contributed by atoms with van der Waals surface area (Å²) in [7, 11) is 0. The van der Waals surface area contributed by atoms with Crippen molar-refractivity contribution in [1.29, 1.82) is 0 Å². The number of rotatable bonds is 9. The predicted octanol–water partition coefficient (Wildman–Crippen LogP) is 3.70. The monoisotopic (exact) mass is 358 g/mol. The maximum absolute atomic E-state index is 12.3. The minimum Gasteiger partial charge on any atom is -0.356 e. The van der Waals surface area contributed by atoms with Crippen LogP contribution in [0.25, 0.3) is 0 Å². The number of carbonyl (C=O) groups excluding carboxylic acids is 2. The average Bonchev–Trinajstić information content (AvgIpc) is 2.65. The lowest BCUT2D eigenvalue weighted by Crippen LogP contribution is -2.38. The fourth-order valence-electron chi connectivity index (χ4n) is 3.54. The SMILES string of the molecule is CC(C)CCNC(=O)C1CCC(C(=O)NCCCc2ccccc2)CC1.